The van der Waals surface area contributed by atoms with E-state index in [-0.39, 0.29) is 5.78 Å². The first kappa shape index (κ1) is 13.5. The second kappa shape index (κ2) is 5.83. The highest BCUT2D eigenvalue weighted by Crippen LogP contribution is 2.21. The molecule has 0 fully saturated rings. The molecule has 3 nitrogen and oxygen atoms in total. The van der Waals surface area contributed by atoms with Crippen LogP contribution < -0.4 is 0 Å². The SMILES string of the molecule is CCCCc1ccc(-c2cc(C(C)=O)nn2C)cc1. The minimum Gasteiger partial charge on any atom is -0.293 e. The Balaban J connectivity index is 2.24. The number of aromatic nitrogens is 2. The summed E-state index contributed by atoms with van der Waals surface area (Å²) in [4.78, 5) is 11.3. The number of benzene rings is 1. The van der Waals surface area contributed by atoms with E-state index in [4.69, 9.17) is 0 Å². The van der Waals surface area contributed by atoms with Crippen molar-refractivity contribution in [2.45, 2.75) is 33.1 Å². The fourth-order valence-corrected chi connectivity index (χ4v) is 2.13. The fourth-order valence-electron chi connectivity index (χ4n) is 2.13. The summed E-state index contributed by atoms with van der Waals surface area (Å²) in [5.41, 5.74) is 3.96. The van der Waals surface area contributed by atoms with Gasteiger partial charge >= 0.3 is 0 Å². The van der Waals surface area contributed by atoms with Crippen molar-refractivity contribution in [3.8, 4) is 11.3 Å². The molecule has 19 heavy (non-hydrogen) atoms. The van der Waals surface area contributed by atoms with Crippen LogP contribution in [-0.2, 0) is 13.5 Å². The number of ketones is 1. The minimum absolute atomic E-state index is 0.00131. The number of carbonyl (C=O) groups is 1. The maximum absolute atomic E-state index is 11.3. The molecule has 0 aliphatic heterocycles. The highest BCUT2D eigenvalue weighted by Gasteiger charge is 2.10. The quantitative estimate of drug-likeness (QED) is 0.766. The van der Waals surface area contributed by atoms with Crippen LogP contribution in [0, 0.1) is 0 Å². The van der Waals surface area contributed by atoms with Gasteiger partial charge in [0.05, 0.1) is 5.69 Å². The van der Waals surface area contributed by atoms with Crippen molar-refractivity contribution < 1.29 is 4.79 Å². The topological polar surface area (TPSA) is 34.9 Å². The molecule has 0 aliphatic carbocycles. The van der Waals surface area contributed by atoms with E-state index in [1.807, 2.05) is 13.1 Å². The molecule has 0 spiro atoms. The van der Waals surface area contributed by atoms with Crippen LogP contribution >= 0.6 is 0 Å². The molecule has 0 bridgehead atoms. The molecule has 2 aromatic rings. The molecule has 0 atom stereocenters. The number of carbonyl (C=O) groups excluding carboxylic acids is 1. The van der Waals surface area contributed by atoms with Crippen molar-refractivity contribution in [1.82, 2.24) is 9.78 Å². The van der Waals surface area contributed by atoms with Gasteiger partial charge in [-0.1, -0.05) is 37.6 Å². The minimum atomic E-state index is 0.00131. The number of Topliss-reactive ketones (excluding diaryl/α,β-unsaturated/α-hetero) is 1. The van der Waals surface area contributed by atoms with Crippen LogP contribution in [0.3, 0.4) is 0 Å². The number of aryl methyl sites for hydroxylation is 2. The summed E-state index contributed by atoms with van der Waals surface area (Å²) in [5, 5.41) is 4.23. The maximum Gasteiger partial charge on any atom is 0.180 e. The summed E-state index contributed by atoms with van der Waals surface area (Å²) >= 11 is 0. The number of rotatable bonds is 5. The van der Waals surface area contributed by atoms with Crippen molar-refractivity contribution in [2.24, 2.45) is 7.05 Å². The summed E-state index contributed by atoms with van der Waals surface area (Å²) in [5.74, 6) is 0.00131. The Morgan fingerprint density at radius 1 is 1.26 bits per heavy atom. The average molecular weight is 256 g/mol. The van der Waals surface area contributed by atoms with E-state index in [0.29, 0.717) is 5.69 Å². The molecular weight excluding hydrogens is 236 g/mol. The van der Waals surface area contributed by atoms with Gasteiger partial charge in [-0.2, -0.15) is 5.10 Å². The molecule has 0 saturated carbocycles. The Bertz CT molecular complexity index is 567. The molecule has 1 aromatic heterocycles. The van der Waals surface area contributed by atoms with Crippen molar-refractivity contribution in [3.63, 3.8) is 0 Å². The van der Waals surface area contributed by atoms with Gasteiger partial charge in [0.2, 0.25) is 0 Å². The molecule has 0 radical (unpaired) electrons. The molecule has 1 aromatic carbocycles. The van der Waals surface area contributed by atoms with Gasteiger partial charge in [0, 0.05) is 14.0 Å². The Morgan fingerprint density at radius 2 is 1.95 bits per heavy atom. The van der Waals surface area contributed by atoms with E-state index < -0.39 is 0 Å². The lowest BCUT2D eigenvalue weighted by molar-refractivity contribution is 0.101. The summed E-state index contributed by atoms with van der Waals surface area (Å²) < 4.78 is 1.76. The van der Waals surface area contributed by atoms with Gasteiger partial charge in [-0.25, -0.2) is 0 Å². The van der Waals surface area contributed by atoms with E-state index in [2.05, 4.69) is 36.3 Å². The zero-order valence-corrected chi connectivity index (χ0v) is 11.8. The fraction of sp³-hybridized carbons (Fsp3) is 0.375. The van der Waals surface area contributed by atoms with Crippen LogP contribution in [0.25, 0.3) is 11.3 Å². The predicted molar refractivity (Wildman–Crippen MR) is 77.3 cm³/mol. The van der Waals surface area contributed by atoms with Crippen LogP contribution in [0.2, 0.25) is 0 Å². The number of hydrogen-bond donors (Lipinski definition) is 0. The van der Waals surface area contributed by atoms with E-state index in [1.165, 1.54) is 18.4 Å². The van der Waals surface area contributed by atoms with E-state index in [9.17, 15) is 4.79 Å². The Labute approximate surface area is 114 Å². The van der Waals surface area contributed by atoms with Crippen molar-refractivity contribution in [1.29, 1.82) is 0 Å². The molecule has 100 valence electrons. The van der Waals surface area contributed by atoms with Gasteiger partial charge in [-0.3, -0.25) is 9.48 Å². The Kier molecular flexibility index (Phi) is 4.15. The number of unbranched alkanes of at least 4 members (excludes halogenated alkanes) is 1. The molecule has 0 amide bonds. The highest BCUT2D eigenvalue weighted by molar-refractivity contribution is 5.93. The van der Waals surface area contributed by atoms with Gasteiger partial charge in [-0.05, 0) is 30.0 Å². The first-order valence-corrected chi connectivity index (χ1v) is 6.76. The van der Waals surface area contributed by atoms with Crippen molar-refractivity contribution >= 4 is 5.78 Å². The van der Waals surface area contributed by atoms with E-state index >= 15 is 0 Å². The third-order valence-electron chi connectivity index (χ3n) is 3.31. The third kappa shape index (κ3) is 3.11. The van der Waals surface area contributed by atoms with Crippen LogP contribution in [0.15, 0.2) is 30.3 Å². The molecule has 3 heteroatoms. The lowest BCUT2D eigenvalue weighted by atomic mass is 10.0. The molecule has 2 rings (SSSR count). The molecule has 0 saturated heterocycles. The largest absolute Gasteiger partial charge is 0.293 e. The lowest BCUT2D eigenvalue weighted by Crippen LogP contribution is -1.97. The van der Waals surface area contributed by atoms with Gasteiger partial charge < -0.3 is 0 Å². The molecule has 0 aliphatic rings. The predicted octanol–water partition coefficient (Wildman–Crippen LogP) is 3.63. The maximum atomic E-state index is 11.3. The number of nitrogens with zero attached hydrogens (tertiary/aromatic N) is 2. The second-order valence-electron chi connectivity index (χ2n) is 4.90. The van der Waals surface area contributed by atoms with Crippen molar-refractivity contribution in [2.75, 3.05) is 0 Å². The summed E-state index contributed by atoms with van der Waals surface area (Å²) in [6.45, 7) is 3.74. The Morgan fingerprint density at radius 3 is 2.47 bits per heavy atom. The summed E-state index contributed by atoms with van der Waals surface area (Å²) in [7, 11) is 1.87. The zero-order valence-electron chi connectivity index (χ0n) is 11.8. The van der Waals surface area contributed by atoms with E-state index in [0.717, 1.165) is 17.7 Å². The first-order chi connectivity index (χ1) is 9.11. The van der Waals surface area contributed by atoms with Crippen LogP contribution in [0.1, 0.15) is 42.7 Å². The van der Waals surface area contributed by atoms with E-state index in [1.54, 1.807) is 11.6 Å². The second-order valence-corrected chi connectivity index (χ2v) is 4.90. The lowest BCUT2D eigenvalue weighted by Gasteiger charge is -2.04. The summed E-state index contributed by atoms with van der Waals surface area (Å²) in [6.07, 6.45) is 3.56. The zero-order chi connectivity index (χ0) is 13.8. The number of hydrogen-bond acceptors (Lipinski definition) is 2. The van der Waals surface area contributed by atoms with Crippen LogP contribution in [-0.4, -0.2) is 15.6 Å². The highest BCUT2D eigenvalue weighted by atomic mass is 16.1. The van der Waals surface area contributed by atoms with Crippen LogP contribution in [0.5, 0.6) is 0 Å². The molecule has 0 N–H and O–H groups in total. The first-order valence-electron chi connectivity index (χ1n) is 6.76. The molecule has 1 heterocycles. The monoisotopic (exact) mass is 256 g/mol. The standard InChI is InChI=1S/C16H20N2O/c1-4-5-6-13-7-9-14(10-8-13)16-11-15(12(2)19)17-18(16)3/h7-11H,4-6H2,1-3H3. The normalized spacial score (nSPS) is 10.7. The average Bonchev–Trinajstić information content (AvgIpc) is 2.79. The summed E-state index contributed by atoms with van der Waals surface area (Å²) in [6, 6.07) is 10.4. The van der Waals surface area contributed by atoms with Gasteiger partial charge in [-0.15, -0.1) is 0 Å². The van der Waals surface area contributed by atoms with Gasteiger partial charge in [0.15, 0.2) is 5.78 Å². The van der Waals surface area contributed by atoms with Gasteiger partial charge in [0.25, 0.3) is 0 Å². The molecule has 0 unspecified atom stereocenters. The van der Waals surface area contributed by atoms with Crippen molar-refractivity contribution in [3.05, 3.63) is 41.6 Å². The third-order valence-corrected chi connectivity index (χ3v) is 3.31. The van der Waals surface area contributed by atoms with Gasteiger partial charge in [0.1, 0.15) is 5.69 Å². The Hall–Kier alpha value is -1.90. The smallest absolute Gasteiger partial charge is 0.180 e. The molecular formula is C16H20N2O. The van der Waals surface area contributed by atoms with Crippen LogP contribution in [0.4, 0.5) is 0 Å².